The number of nitrogens with zero attached hydrogens (tertiary/aromatic N) is 1. The molecule has 0 aromatic carbocycles. The minimum absolute atomic E-state index is 0.133. The Labute approximate surface area is 104 Å². The highest BCUT2D eigenvalue weighted by Crippen LogP contribution is 2.30. The van der Waals surface area contributed by atoms with E-state index in [-0.39, 0.29) is 31.8 Å². The average molecular weight is 310 g/mol. The van der Waals surface area contributed by atoms with Crippen LogP contribution < -0.4 is 0 Å². The first-order valence-corrected chi connectivity index (χ1v) is 6.57. The van der Waals surface area contributed by atoms with Gasteiger partial charge in [0.25, 0.3) is 11.8 Å². The standard InChI is InChI=1S/C10H10BrF2NOS/c11-8-7(1-6-16-8)9(15)14-4-2-10(12,13)3-5-14/h1,6H,2-5H2. The molecular formula is C10H10BrF2NOS. The molecule has 1 aliphatic heterocycles. The molecule has 1 fully saturated rings. The molecule has 6 heteroatoms. The summed E-state index contributed by atoms with van der Waals surface area (Å²) in [5, 5.41) is 1.80. The molecule has 0 radical (unpaired) electrons. The number of likely N-dealkylation sites (tertiary alicyclic amines) is 1. The van der Waals surface area contributed by atoms with Crippen molar-refractivity contribution in [3.8, 4) is 0 Å². The molecule has 0 spiro atoms. The highest BCUT2D eigenvalue weighted by molar-refractivity contribution is 9.11. The molecule has 0 atom stereocenters. The van der Waals surface area contributed by atoms with Gasteiger partial charge in [-0.1, -0.05) is 0 Å². The van der Waals surface area contributed by atoms with Crippen molar-refractivity contribution in [2.75, 3.05) is 13.1 Å². The summed E-state index contributed by atoms with van der Waals surface area (Å²) in [5.41, 5.74) is 0.565. The van der Waals surface area contributed by atoms with Gasteiger partial charge in [-0.25, -0.2) is 8.78 Å². The third kappa shape index (κ3) is 2.43. The summed E-state index contributed by atoms with van der Waals surface area (Å²) in [7, 11) is 0. The molecule has 16 heavy (non-hydrogen) atoms. The second-order valence-corrected chi connectivity index (χ2v) is 5.99. The maximum absolute atomic E-state index is 12.9. The van der Waals surface area contributed by atoms with Crippen LogP contribution in [0.5, 0.6) is 0 Å². The Balaban J connectivity index is 2.05. The second-order valence-electron chi connectivity index (χ2n) is 3.76. The SMILES string of the molecule is O=C(c1ccsc1Br)N1CCC(F)(F)CC1. The first kappa shape index (κ1) is 12.0. The van der Waals surface area contributed by atoms with Crippen LogP contribution in [0.15, 0.2) is 15.2 Å². The fourth-order valence-corrected chi connectivity index (χ4v) is 2.88. The van der Waals surface area contributed by atoms with Crippen molar-refractivity contribution in [2.24, 2.45) is 0 Å². The van der Waals surface area contributed by atoms with E-state index in [1.54, 1.807) is 11.4 Å². The minimum Gasteiger partial charge on any atom is -0.338 e. The van der Waals surface area contributed by atoms with Crippen LogP contribution in [0, 0.1) is 0 Å². The molecule has 2 rings (SSSR count). The lowest BCUT2D eigenvalue weighted by Crippen LogP contribution is -2.42. The predicted octanol–water partition coefficient (Wildman–Crippen LogP) is 3.38. The summed E-state index contributed by atoms with van der Waals surface area (Å²) in [6.07, 6.45) is -0.471. The van der Waals surface area contributed by atoms with Crippen LogP contribution >= 0.6 is 27.3 Å². The van der Waals surface area contributed by atoms with Crippen molar-refractivity contribution in [3.63, 3.8) is 0 Å². The summed E-state index contributed by atoms with van der Waals surface area (Å²) in [4.78, 5) is 13.4. The van der Waals surface area contributed by atoms with Gasteiger partial charge < -0.3 is 4.90 Å². The molecule has 1 saturated heterocycles. The van der Waals surface area contributed by atoms with Gasteiger partial charge in [-0.2, -0.15) is 0 Å². The van der Waals surface area contributed by atoms with Gasteiger partial charge in [-0.05, 0) is 27.4 Å². The number of amides is 1. The van der Waals surface area contributed by atoms with Crippen LogP contribution in [0.2, 0.25) is 0 Å². The molecule has 0 N–H and O–H groups in total. The van der Waals surface area contributed by atoms with Crippen LogP contribution in [0.3, 0.4) is 0 Å². The van der Waals surface area contributed by atoms with Crippen LogP contribution in [-0.2, 0) is 0 Å². The second kappa shape index (κ2) is 4.41. The molecule has 0 bridgehead atoms. The molecule has 1 aromatic rings. The molecule has 0 aliphatic carbocycles. The third-order valence-corrected chi connectivity index (χ3v) is 4.32. The highest BCUT2D eigenvalue weighted by Gasteiger charge is 2.36. The Morgan fingerprint density at radius 3 is 2.56 bits per heavy atom. The van der Waals surface area contributed by atoms with E-state index in [4.69, 9.17) is 0 Å². The van der Waals surface area contributed by atoms with Crippen LogP contribution in [0.4, 0.5) is 8.78 Å². The molecule has 1 aliphatic rings. The van der Waals surface area contributed by atoms with Crippen molar-refractivity contribution >= 4 is 33.2 Å². The van der Waals surface area contributed by atoms with E-state index in [2.05, 4.69) is 15.9 Å². The maximum atomic E-state index is 12.9. The average Bonchev–Trinajstić information content (AvgIpc) is 2.63. The van der Waals surface area contributed by atoms with Gasteiger partial charge in [0.15, 0.2) is 0 Å². The number of rotatable bonds is 1. The summed E-state index contributed by atoms with van der Waals surface area (Å²) in [6.45, 7) is 0.266. The Morgan fingerprint density at radius 2 is 2.06 bits per heavy atom. The zero-order chi connectivity index (χ0) is 11.8. The summed E-state index contributed by atoms with van der Waals surface area (Å²) >= 11 is 4.70. The first-order valence-electron chi connectivity index (χ1n) is 4.90. The number of carbonyl (C=O) groups is 1. The van der Waals surface area contributed by atoms with Crippen molar-refractivity contribution in [2.45, 2.75) is 18.8 Å². The molecule has 2 nitrogen and oxygen atoms in total. The van der Waals surface area contributed by atoms with E-state index >= 15 is 0 Å². The first-order chi connectivity index (χ1) is 7.49. The van der Waals surface area contributed by atoms with E-state index in [0.717, 1.165) is 3.79 Å². The summed E-state index contributed by atoms with van der Waals surface area (Å²) in [6, 6.07) is 1.71. The third-order valence-electron chi connectivity index (χ3n) is 2.63. The maximum Gasteiger partial charge on any atom is 0.255 e. The van der Waals surface area contributed by atoms with Crippen LogP contribution in [0.25, 0.3) is 0 Å². The fraction of sp³-hybridized carbons (Fsp3) is 0.500. The number of halogens is 3. The van der Waals surface area contributed by atoms with E-state index in [1.165, 1.54) is 16.2 Å². The van der Waals surface area contributed by atoms with Gasteiger partial charge in [0, 0.05) is 25.9 Å². The monoisotopic (exact) mass is 309 g/mol. The zero-order valence-corrected chi connectivity index (χ0v) is 10.8. The normalized spacial score (nSPS) is 19.8. The van der Waals surface area contributed by atoms with E-state index in [0.29, 0.717) is 5.56 Å². The molecule has 1 amide bonds. The van der Waals surface area contributed by atoms with Gasteiger partial charge >= 0.3 is 0 Å². The quantitative estimate of drug-likeness (QED) is 0.779. The molecule has 1 aromatic heterocycles. The van der Waals surface area contributed by atoms with Gasteiger partial charge in [0.1, 0.15) is 0 Å². The molecule has 88 valence electrons. The number of piperidine rings is 1. The lowest BCUT2D eigenvalue weighted by atomic mass is 10.1. The highest BCUT2D eigenvalue weighted by atomic mass is 79.9. The predicted molar refractivity (Wildman–Crippen MR) is 62.1 cm³/mol. The lowest BCUT2D eigenvalue weighted by molar-refractivity contribution is -0.0494. The minimum atomic E-state index is -2.61. The largest absolute Gasteiger partial charge is 0.338 e. The number of hydrogen-bond donors (Lipinski definition) is 0. The Kier molecular flexibility index (Phi) is 3.30. The van der Waals surface area contributed by atoms with Crippen LogP contribution in [-0.4, -0.2) is 29.8 Å². The topological polar surface area (TPSA) is 20.3 Å². The van der Waals surface area contributed by atoms with Crippen molar-refractivity contribution < 1.29 is 13.6 Å². The molecule has 0 saturated carbocycles. The van der Waals surface area contributed by atoms with Crippen molar-refractivity contribution in [3.05, 3.63) is 20.8 Å². The Morgan fingerprint density at radius 1 is 1.44 bits per heavy atom. The fourth-order valence-electron chi connectivity index (χ4n) is 1.65. The number of hydrogen-bond acceptors (Lipinski definition) is 2. The molecule has 2 heterocycles. The number of thiophene rings is 1. The van der Waals surface area contributed by atoms with Crippen molar-refractivity contribution in [1.82, 2.24) is 4.90 Å². The summed E-state index contributed by atoms with van der Waals surface area (Å²) < 4.78 is 26.6. The Hall–Kier alpha value is -0.490. The van der Waals surface area contributed by atoms with Gasteiger partial charge in [-0.3, -0.25) is 4.79 Å². The molecule has 0 unspecified atom stereocenters. The van der Waals surface area contributed by atoms with E-state index < -0.39 is 5.92 Å². The number of carbonyl (C=O) groups excluding carboxylic acids is 1. The van der Waals surface area contributed by atoms with E-state index in [1.807, 2.05) is 0 Å². The van der Waals surface area contributed by atoms with Crippen LogP contribution in [0.1, 0.15) is 23.2 Å². The Bertz CT molecular complexity index is 397. The lowest BCUT2D eigenvalue weighted by Gasteiger charge is -2.31. The van der Waals surface area contributed by atoms with Gasteiger partial charge in [0.05, 0.1) is 9.35 Å². The van der Waals surface area contributed by atoms with Crippen molar-refractivity contribution in [1.29, 1.82) is 0 Å². The smallest absolute Gasteiger partial charge is 0.255 e. The van der Waals surface area contributed by atoms with Gasteiger partial charge in [0.2, 0.25) is 0 Å². The van der Waals surface area contributed by atoms with Gasteiger partial charge in [-0.15, -0.1) is 11.3 Å². The van der Waals surface area contributed by atoms with E-state index in [9.17, 15) is 13.6 Å². The summed E-state index contributed by atoms with van der Waals surface area (Å²) in [5.74, 6) is -2.77. The number of alkyl halides is 2. The zero-order valence-electron chi connectivity index (χ0n) is 8.38. The molecular weight excluding hydrogens is 300 g/mol.